The summed E-state index contributed by atoms with van der Waals surface area (Å²) in [6, 6.07) is 8.60. The molecule has 12 nitrogen and oxygen atoms in total. The monoisotopic (exact) mass is 485 g/mol. The summed E-state index contributed by atoms with van der Waals surface area (Å²) in [5.41, 5.74) is -1.26. The van der Waals surface area contributed by atoms with Crippen LogP contribution in [0.3, 0.4) is 0 Å². The van der Waals surface area contributed by atoms with Crippen molar-refractivity contribution in [2.24, 2.45) is 0 Å². The van der Waals surface area contributed by atoms with E-state index in [0.29, 0.717) is 12.8 Å². The molecule has 172 valence electrons. The third kappa shape index (κ3) is 4.77. The van der Waals surface area contributed by atoms with E-state index in [1.165, 1.54) is 24.3 Å². The van der Waals surface area contributed by atoms with Crippen molar-refractivity contribution in [3.8, 4) is 0 Å². The van der Waals surface area contributed by atoms with Crippen molar-refractivity contribution in [1.82, 2.24) is 4.31 Å². The molecule has 1 saturated heterocycles. The van der Waals surface area contributed by atoms with Crippen LogP contribution in [0, 0.1) is 20.2 Å². The summed E-state index contributed by atoms with van der Waals surface area (Å²) in [4.78, 5) is 19.6. The number of para-hydroxylation sites is 2. The van der Waals surface area contributed by atoms with Crippen molar-refractivity contribution in [3.63, 3.8) is 0 Å². The first-order valence-corrected chi connectivity index (χ1v) is 12.3. The molecule has 14 heteroatoms. The fourth-order valence-corrected chi connectivity index (χ4v) is 6.41. The average molecular weight is 485 g/mol. The van der Waals surface area contributed by atoms with Gasteiger partial charge in [0, 0.05) is 24.7 Å². The van der Waals surface area contributed by atoms with E-state index < -0.39 is 63.8 Å². The number of piperidine rings is 1. The normalized spacial score (nSPS) is 17.7. The van der Waals surface area contributed by atoms with E-state index in [-0.39, 0.29) is 13.0 Å². The van der Waals surface area contributed by atoms with Crippen LogP contribution in [-0.4, -0.2) is 50.2 Å². The van der Waals surface area contributed by atoms with Gasteiger partial charge in [-0.3, -0.25) is 24.4 Å². The quantitative estimate of drug-likeness (QED) is 0.310. The molecule has 0 radical (unpaired) electrons. The number of rotatable bonds is 8. The minimum Gasteiger partial charge on any atom is -0.264 e. The summed E-state index contributed by atoms with van der Waals surface area (Å²) in [5.74, 6) is 0. The molecule has 0 amide bonds. The molecule has 1 aliphatic heterocycles. The van der Waals surface area contributed by atoms with E-state index in [2.05, 4.69) is 0 Å². The van der Waals surface area contributed by atoms with Gasteiger partial charge in [0.1, 0.15) is 0 Å². The van der Waals surface area contributed by atoms with Crippen LogP contribution in [0.25, 0.3) is 0 Å². The molecular formula is C18H19N3O9S2. The maximum atomic E-state index is 13.2. The Morgan fingerprint density at radius 3 is 2.00 bits per heavy atom. The van der Waals surface area contributed by atoms with Crippen molar-refractivity contribution in [1.29, 1.82) is 0 Å². The smallest absolute Gasteiger partial charge is 0.264 e. The SMILES string of the molecule is O=[N+]([O-])c1ccccc1S(=O)(=O)OCC1CCCCN1S(=O)(=O)c1ccccc1[N+](=O)[O-]. The Kier molecular flexibility index (Phi) is 6.88. The van der Waals surface area contributed by atoms with Gasteiger partial charge in [-0.05, 0) is 25.0 Å². The van der Waals surface area contributed by atoms with Gasteiger partial charge in [0.25, 0.3) is 11.4 Å². The number of hydrogen-bond acceptors (Lipinski definition) is 9. The van der Waals surface area contributed by atoms with Gasteiger partial charge >= 0.3 is 10.1 Å². The van der Waals surface area contributed by atoms with Crippen LogP contribution in [0.4, 0.5) is 11.4 Å². The van der Waals surface area contributed by atoms with Crippen molar-refractivity contribution < 1.29 is 30.9 Å². The Labute approximate surface area is 183 Å². The Morgan fingerprint density at radius 2 is 1.41 bits per heavy atom. The van der Waals surface area contributed by atoms with E-state index in [1.54, 1.807) is 0 Å². The molecule has 2 aromatic rings. The maximum Gasteiger partial charge on any atom is 0.303 e. The molecule has 1 fully saturated rings. The molecule has 0 aromatic heterocycles. The molecule has 1 aliphatic rings. The first-order chi connectivity index (χ1) is 15.1. The van der Waals surface area contributed by atoms with Crippen LogP contribution in [0.5, 0.6) is 0 Å². The second-order valence-electron chi connectivity index (χ2n) is 6.95. The minimum atomic E-state index is -4.56. The summed E-state index contributed by atoms with van der Waals surface area (Å²) < 4.78 is 57.6. The van der Waals surface area contributed by atoms with E-state index >= 15 is 0 Å². The highest BCUT2D eigenvalue weighted by Crippen LogP contribution is 2.32. The molecule has 1 atom stereocenters. The molecule has 2 aromatic carbocycles. The summed E-state index contributed by atoms with van der Waals surface area (Å²) in [6.45, 7) is -0.567. The fourth-order valence-electron chi connectivity index (χ4n) is 3.46. The highest BCUT2D eigenvalue weighted by atomic mass is 32.2. The third-order valence-corrected chi connectivity index (χ3v) is 8.30. The average Bonchev–Trinajstić information content (AvgIpc) is 2.78. The van der Waals surface area contributed by atoms with Gasteiger partial charge in [-0.15, -0.1) is 0 Å². The number of sulfonamides is 1. The lowest BCUT2D eigenvalue weighted by Gasteiger charge is -2.34. The highest BCUT2D eigenvalue weighted by molar-refractivity contribution is 7.89. The number of nitro groups is 2. The summed E-state index contributed by atoms with van der Waals surface area (Å²) in [6.07, 6.45) is 1.32. The van der Waals surface area contributed by atoms with Crippen LogP contribution < -0.4 is 0 Å². The fraction of sp³-hybridized carbons (Fsp3) is 0.333. The van der Waals surface area contributed by atoms with E-state index in [1.807, 2.05) is 0 Å². The standard InChI is InChI=1S/C18H19N3O9S2/c22-20(23)15-8-1-3-10-17(15)31(26,27)19-12-6-5-7-14(19)13-30-32(28,29)18-11-4-2-9-16(18)21(24)25/h1-4,8-11,14H,5-7,12-13H2. The topological polar surface area (TPSA) is 167 Å². The summed E-state index contributed by atoms with van der Waals surface area (Å²) in [5, 5.41) is 22.4. The number of hydrogen-bond donors (Lipinski definition) is 0. The first kappa shape index (κ1) is 23.7. The number of benzene rings is 2. The molecule has 3 rings (SSSR count). The van der Waals surface area contributed by atoms with Crippen LogP contribution in [0.1, 0.15) is 19.3 Å². The van der Waals surface area contributed by atoms with E-state index in [9.17, 15) is 37.1 Å². The van der Waals surface area contributed by atoms with Gasteiger partial charge < -0.3 is 0 Å². The van der Waals surface area contributed by atoms with Crippen LogP contribution in [0.15, 0.2) is 58.3 Å². The molecule has 32 heavy (non-hydrogen) atoms. The van der Waals surface area contributed by atoms with E-state index in [0.717, 1.165) is 28.6 Å². The summed E-state index contributed by atoms with van der Waals surface area (Å²) in [7, 11) is -8.89. The van der Waals surface area contributed by atoms with Crippen LogP contribution in [0.2, 0.25) is 0 Å². The molecular weight excluding hydrogens is 466 g/mol. The van der Waals surface area contributed by atoms with Crippen molar-refractivity contribution in [2.75, 3.05) is 13.2 Å². The number of nitro benzene ring substituents is 2. The third-order valence-electron chi connectivity index (χ3n) is 4.97. The largest absolute Gasteiger partial charge is 0.303 e. The number of nitrogens with zero attached hydrogens (tertiary/aromatic N) is 3. The van der Waals surface area contributed by atoms with Gasteiger partial charge in [0.05, 0.1) is 16.5 Å². The van der Waals surface area contributed by atoms with Gasteiger partial charge in [-0.2, -0.15) is 12.7 Å². The van der Waals surface area contributed by atoms with Gasteiger partial charge in [0.2, 0.25) is 10.0 Å². The van der Waals surface area contributed by atoms with Gasteiger partial charge in [0.15, 0.2) is 9.79 Å². The van der Waals surface area contributed by atoms with Crippen molar-refractivity contribution in [3.05, 3.63) is 68.8 Å². The summed E-state index contributed by atoms with van der Waals surface area (Å²) >= 11 is 0. The molecule has 0 bridgehead atoms. The lowest BCUT2D eigenvalue weighted by molar-refractivity contribution is -0.388. The second-order valence-corrected chi connectivity index (χ2v) is 10.4. The first-order valence-electron chi connectivity index (χ1n) is 9.44. The minimum absolute atomic E-state index is 0.0218. The Morgan fingerprint density at radius 1 is 0.875 bits per heavy atom. The molecule has 0 N–H and O–H groups in total. The lowest BCUT2D eigenvalue weighted by atomic mass is 10.1. The zero-order chi connectivity index (χ0) is 23.5. The maximum absolute atomic E-state index is 13.2. The predicted molar refractivity (Wildman–Crippen MR) is 111 cm³/mol. The van der Waals surface area contributed by atoms with Gasteiger partial charge in [-0.25, -0.2) is 8.42 Å². The predicted octanol–water partition coefficient (Wildman–Crippen LogP) is 2.45. The highest BCUT2D eigenvalue weighted by Gasteiger charge is 2.38. The zero-order valence-electron chi connectivity index (χ0n) is 16.6. The van der Waals surface area contributed by atoms with Gasteiger partial charge in [-0.1, -0.05) is 30.7 Å². The van der Waals surface area contributed by atoms with E-state index in [4.69, 9.17) is 4.18 Å². The zero-order valence-corrected chi connectivity index (χ0v) is 18.2. The Bertz CT molecular complexity index is 1250. The molecule has 0 saturated carbocycles. The van der Waals surface area contributed by atoms with Crippen LogP contribution in [-0.2, 0) is 24.3 Å². The van der Waals surface area contributed by atoms with Crippen molar-refractivity contribution in [2.45, 2.75) is 35.1 Å². The van der Waals surface area contributed by atoms with Crippen molar-refractivity contribution >= 4 is 31.5 Å². The Balaban J connectivity index is 1.89. The lowest BCUT2D eigenvalue weighted by Crippen LogP contribution is -2.46. The molecule has 1 heterocycles. The molecule has 0 aliphatic carbocycles. The second kappa shape index (κ2) is 9.28. The Hall–Kier alpha value is -2.94. The molecule has 1 unspecified atom stereocenters. The molecule has 0 spiro atoms. The van der Waals surface area contributed by atoms with Crippen LogP contribution >= 0.6 is 0 Å².